The van der Waals surface area contributed by atoms with Crippen molar-refractivity contribution in [2.45, 2.75) is 20.8 Å². The van der Waals surface area contributed by atoms with E-state index >= 15 is 0 Å². The third kappa shape index (κ3) is 7.74. The highest BCUT2D eigenvalue weighted by Crippen LogP contribution is 2.31. The Bertz CT molecular complexity index is 918. The Balaban J connectivity index is 0.000000423. The highest BCUT2D eigenvalue weighted by atomic mass is 35.5. The van der Waals surface area contributed by atoms with Gasteiger partial charge >= 0.3 is 11.9 Å². The standard InChI is InChI=1S/C16H18ClN5O2.C4H6O3/c1-11(23)21-6-8-22(9-7-21)15-14(10-19-16(18)20-15)24-13-4-2-12(17)3-5-13;1-3(5)7-4(2)6/h2-5,10H,6-9H2,1H3,(H2,18,19,20);1-2H3. The molecule has 1 saturated heterocycles. The third-order valence-corrected chi connectivity index (χ3v) is 4.36. The van der Waals surface area contributed by atoms with Gasteiger partial charge in [-0.25, -0.2) is 4.98 Å². The second-order valence-corrected chi connectivity index (χ2v) is 6.99. The number of carbonyl (C=O) groups excluding carboxylic acids is 3. The number of nitrogen functional groups attached to an aromatic ring is 1. The maximum absolute atomic E-state index is 11.5. The highest BCUT2D eigenvalue weighted by Gasteiger charge is 2.23. The zero-order valence-electron chi connectivity index (χ0n) is 17.5. The fraction of sp³-hybridized carbons (Fsp3) is 0.350. The summed E-state index contributed by atoms with van der Waals surface area (Å²) in [6, 6.07) is 7.05. The zero-order valence-corrected chi connectivity index (χ0v) is 18.3. The Hall–Kier alpha value is -3.40. The molecule has 2 heterocycles. The summed E-state index contributed by atoms with van der Waals surface area (Å²) in [7, 11) is 0. The van der Waals surface area contributed by atoms with E-state index in [4.69, 9.17) is 22.1 Å². The van der Waals surface area contributed by atoms with Gasteiger partial charge in [0.1, 0.15) is 5.75 Å². The van der Waals surface area contributed by atoms with Gasteiger partial charge in [-0.1, -0.05) is 11.6 Å². The van der Waals surface area contributed by atoms with Crippen molar-refractivity contribution in [1.29, 1.82) is 0 Å². The van der Waals surface area contributed by atoms with Gasteiger partial charge in [0.05, 0.1) is 6.20 Å². The van der Waals surface area contributed by atoms with Gasteiger partial charge in [-0.05, 0) is 24.3 Å². The average molecular weight is 450 g/mol. The summed E-state index contributed by atoms with van der Waals surface area (Å²) in [5, 5.41) is 0.636. The number of esters is 2. The topological polar surface area (TPSA) is 128 Å². The molecule has 0 saturated carbocycles. The number of ether oxygens (including phenoxy) is 2. The number of rotatable bonds is 3. The minimum Gasteiger partial charge on any atom is -0.452 e. The molecule has 1 aliphatic heterocycles. The lowest BCUT2D eigenvalue weighted by Gasteiger charge is -2.35. The summed E-state index contributed by atoms with van der Waals surface area (Å²) in [5.41, 5.74) is 5.74. The quantitative estimate of drug-likeness (QED) is 0.554. The third-order valence-electron chi connectivity index (χ3n) is 4.11. The molecule has 0 aliphatic carbocycles. The van der Waals surface area contributed by atoms with Gasteiger partial charge < -0.3 is 25.0 Å². The van der Waals surface area contributed by atoms with Gasteiger partial charge in [0.15, 0.2) is 11.6 Å². The van der Waals surface area contributed by atoms with E-state index < -0.39 is 11.9 Å². The number of nitrogens with zero attached hydrogens (tertiary/aromatic N) is 4. The average Bonchev–Trinajstić information content (AvgIpc) is 2.70. The minimum absolute atomic E-state index is 0.0782. The lowest BCUT2D eigenvalue weighted by molar-refractivity contribution is -0.156. The summed E-state index contributed by atoms with van der Waals surface area (Å²) < 4.78 is 9.86. The summed E-state index contributed by atoms with van der Waals surface area (Å²) >= 11 is 5.89. The van der Waals surface area contributed by atoms with Crippen LogP contribution in [0.5, 0.6) is 11.5 Å². The van der Waals surface area contributed by atoms with Crippen LogP contribution < -0.4 is 15.4 Å². The van der Waals surface area contributed by atoms with E-state index in [1.807, 2.05) is 4.90 Å². The van der Waals surface area contributed by atoms with Crippen molar-refractivity contribution in [2.75, 3.05) is 36.8 Å². The molecule has 0 spiro atoms. The van der Waals surface area contributed by atoms with Gasteiger partial charge in [-0.2, -0.15) is 4.98 Å². The summed E-state index contributed by atoms with van der Waals surface area (Å²) in [6.45, 7) is 6.54. The van der Waals surface area contributed by atoms with Gasteiger partial charge in [-0.3, -0.25) is 14.4 Å². The molecule has 11 heteroatoms. The second kappa shape index (κ2) is 11.1. The minimum atomic E-state index is -0.562. The number of benzene rings is 1. The van der Waals surface area contributed by atoms with Crippen LogP contribution in [-0.2, 0) is 19.1 Å². The number of carbonyl (C=O) groups is 3. The largest absolute Gasteiger partial charge is 0.452 e. The molecule has 1 aliphatic rings. The van der Waals surface area contributed by atoms with E-state index in [-0.39, 0.29) is 11.9 Å². The summed E-state index contributed by atoms with van der Waals surface area (Å²) in [5.74, 6) is 0.914. The number of nitrogens with two attached hydrogens (primary N) is 1. The number of halogens is 1. The molecule has 166 valence electrons. The molecule has 3 rings (SSSR count). The van der Waals surface area contributed by atoms with Crippen LogP contribution in [0, 0.1) is 0 Å². The van der Waals surface area contributed by atoms with Gasteiger partial charge in [0, 0.05) is 52.0 Å². The molecule has 0 bridgehead atoms. The fourth-order valence-corrected chi connectivity index (χ4v) is 2.86. The number of amides is 1. The van der Waals surface area contributed by atoms with Gasteiger partial charge in [-0.15, -0.1) is 0 Å². The summed E-state index contributed by atoms with van der Waals surface area (Å²) in [6.07, 6.45) is 1.56. The van der Waals surface area contributed by atoms with Crippen LogP contribution >= 0.6 is 11.6 Å². The maximum atomic E-state index is 11.5. The Morgan fingerprint density at radius 3 is 2.06 bits per heavy atom. The number of piperazine rings is 1. The lowest BCUT2D eigenvalue weighted by Crippen LogP contribution is -2.48. The van der Waals surface area contributed by atoms with E-state index in [0.29, 0.717) is 48.5 Å². The first kappa shape index (κ1) is 23.9. The zero-order chi connectivity index (χ0) is 23.0. The first-order valence-electron chi connectivity index (χ1n) is 9.41. The predicted octanol–water partition coefficient (Wildman–Crippen LogP) is 2.27. The highest BCUT2D eigenvalue weighted by molar-refractivity contribution is 6.30. The molecule has 0 radical (unpaired) electrons. The number of anilines is 2. The Labute approximate surface area is 184 Å². The smallest absolute Gasteiger partial charge is 0.310 e. The van der Waals surface area contributed by atoms with Crippen LogP contribution in [0.4, 0.5) is 11.8 Å². The van der Waals surface area contributed by atoms with Crippen LogP contribution in [0.2, 0.25) is 5.02 Å². The number of hydrogen-bond acceptors (Lipinski definition) is 9. The molecule has 1 aromatic carbocycles. The van der Waals surface area contributed by atoms with Crippen molar-refractivity contribution in [1.82, 2.24) is 14.9 Å². The van der Waals surface area contributed by atoms with Crippen molar-refractivity contribution in [3.63, 3.8) is 0 Å². The predicted molar refractivity (Wildman–Crippen MR) is 115 cm³/mol. The molecular weight excluding hydrogens is 426 g/mol. The van der Waals surface area contributed by atoms with E-state index in [1.165, 1.54) is 13.8 Å². The molecule has 1 amide bonds. The number of aromatic nitrogens is 2. The van der Waals surface area contributed by atoms with Crippen molar-refractivity contribution in [3.05, 3.63) is 35.5 Å². The van der Waals surface area contributed by atoms with Crippen LogP contribution in [0.25, 0.3) is 0 Å². The van der Waals surface area contributed by atoms with Crippen molar-refractivity contribution >= 4 is 41.2 Å². The van der Waals surface area contributed by atoms with Crippen LogP contribution in [0.15, 0.2) is 30.5 Å². The van der Waals surface area contributed by atoms with E-state index in [9.17, 15) is 14.4 Å². The summed E-state index contributed by atoms with van der Waals surface area (Å²) in [4.78, 5) is 43.3. The first-order chi connectivity index (χ1) is 14.7. The lowest BCUT2D eigenvalue weighted by atomic mass is 10.3. The molecule has 2 aromatic rings. The van der Waals surface area contributed by atoms with E-state index in [0.717, 1.165) is 0 Å². The second-order valence-electron chi connectivity index (χ2n) is 6.55. The van der Waals surface area contributed by atoms with Crippen molar-refractivity contribution < 1.29 is 23.9 Å². The van der Waals surface area contributed by atoms with Gasteiger partial charge in [0.25, 0.3) is 0 Å². The van der Waals surface area contributed by atoms with Crippen molar-refractivity contribution in [3.8, 4) is 11.5 Å². The van der Waals surface area contributed by atoms with Crippen LogP contribution in [0.3, 0.4) is 0 Å². The molecular formula is C20H24ClN5O5. The fourth-order valence-electron chi connectivity index (χ4n) is 2.74. The molecule has 0 unspecified atom stereocenters. The normalized spacial score (nSPS) is 13.0. The van der Waals surface area contributed by atoms with Crippen LogP contribution in [0.1, 0.15) is 20.8 Å². The van der Waals surface area contributed by atoms with E-state index in [2.05, 4.69) is 14.7 Å². The monoisotopic (exact) mass is 449 g/mol. The van der Waals surface area contributed by atoms with Crippen LogP contribution in [-0.4, -0.2) is 58.9 Å². The number of hydrogen-bond donors (Lipinski definition) is 1. The molecule has 1 fully saturated rings. The Morgan fingerprint density at radius 2 is 1.58 bits per heavy atom. The first-order valence-corrected chi connectivity index (χ1v) is 9.79. The van der Waals surface area contributed by atoms with Crippen molar-refractivity contribution in [2.24, 2.45) is 0 Å². The maximum Gasteiger partial charge on any atom is 0.310 e. The molecule has 0 atom stereocenters. The molecule has 2 N–H and O–H groups in total. The van der Waals surface area contributed by atoms with Gasteiger partial charge in [0.2, 0.25) is 11.9 Å². The SMILES string of the molecule is CC(=O)N1CCN(c2nc(N)ncc2Oc2ccc(Cl)cc2)CC1.CC(=O)OC(C)=O. The molecule has 31 heavy (non-hydrogen) atoms. The Kier molecular flexibility index (Phi) is 8.56. The van der Waals surface area contributed by atoms with E-state index in [1.54, 1.807) is 42.3 Å². The molecule has 10 nitrogen and oxygen atoms in total. The Morgan fingerprint density at radius 1 is 1.00 bits per heavy atom. The molecule has 1 aromatic heterocycles.